The summed E-state index contributed by atoms with van der Waals surface area (Å²) in [6, 6.07) is 0.233. The van der Waals surface area contributed by atoms with Gasteiger partial charge in [0, 0.05) is 12.6 Å². The number of rotatable bonds is 9. The van der Waals surface area contributed by atoms with Gasteiger partial charge in [-0.05, 0) is 32.1 Å². The number of carbonyl (C=O) groups is 1. The summed E-state index contributed by atoms with van der Waals surface area (Å²) in [5, 5.41) is 3.15. The van der Waals surface area contributed by atoms with Crippen molar-refractivity contribution >= 4 is 5.91 Å². The normalized spacial score (nSPS) is 13.7. The first-order valence-electron chi connectivity index (χ1n) is 7.42. The van der Waals surface area contributed by atoms with E-state index in [4.69, 9.17) is 5.73 Å². The zero-order valence-corrected chi connectivity index (χ0v) is 12.9. The monoisotopic (exact) mass is 256 g/mol. The average Bonchev–Trinajstić information content (AvgIpc) is 2.27. The maximum absolute atomic E-state index is 12.5. The number of nitrogens with two attached hydrogens (primary N) is 1. The van der Waals surface area contributed by atoms with Gasteiger partial charge in [0.25, 0.3) is 0 Å². The van der Waals surface area contributed by atoms with Crippen LogP contribution in [0.3, 0.4) is 0 Å². The lowest BCUT2D eigenvalue weighted by atomic mass is 9.78. The number of amides is 1. The molecule has 0 aliphatic heterocycles. The Morgan fingerprint density at radius 2 is 1.67 bits per heavy atom. The van der Waals surface area contributed by atoms with Gasteiger partial charge in [0.05, 0.1) is 5.41 Å². The fourth-order valence-electron chi connectivity index (χ4n) is 2.75. The van der Waals surface area contributed by atoms with Gasteiger partial charge in [-0.25, -0.2) is 0 Å². The van der Waals surface area contributed by atoms with E-state index in [0.29, 0.717) is 12.5 Å². The lowest BCUT2D eigenvalue weighted by Crippen LogP contribution is -2.48. The molecule has 0 aromatic rings. The molecule has 0 bridgehead atoms. The molecule has 0 aliphatic rings. The van der Waals surface area contributed by atoms with Crippen molar-refractivity contribution in [2.45, 2.75) is 72.8 Å². The van der Waals surface area contributed by atoms with Gasteiger partial charge in [0.1, 0.15) is 0 Å². The molecule has 3 N–H and O–H groups in total. The van der Waals surface area contributed by atoms with E-state index in [1.807, 2.05) is 0 Å². The van der Waals surface area contributed by atoms with Gasteiger partial charge in [-0.2, -0.15) is 0 Å². The van der Waals surface area contributed by atoms with Crippen molar-refractivity contribution in [1.82, 2.24) is 5.32 Å². The molecule has 0 saturated carbocycles. The molecular formula is C15H32N2O. The van der Waals surface area contributed by atoms with Gasteiger partial charge in [-0.15, -0.1) is 0 Å². The summed E-state index contributed by atoms with van der Waals surface area (Å²) in [7, 11) is 0. The van der Waals surface area contributed by atoms with Gasteiger partial charge in [0.2, 0.25) is 5.91 Å². The molecule has 0 rings (SSSR count). The molecule has 1 unspecified atom stereocenters. The number of hydrogen-bond donors (Lipinski definition) is 2. The molecule has 0 radical (unpaired) electrons. The summed E-state index contributed by atoms with van der Waals surface area (Å²) in [5.41, 5.74) is 5.54. The van der Waals surface area contributed by atoms with E-state index >= 15 is 0 Å². The molecule has 0 aromatic heterocycles. The second-order valence-corrected chi connectivity index (χ2v) is 5.99. The third-order valence-corrected chi connectivity index (χ3v) is 3.53. The minimum Gasteiger partial charge on any atom is -0.353 e. The summed E-state index contributed by atoms with van der Waals surface area (Å²) < 4.78 is 0. The Balaban J connectivity index is 4.64. The molecule has 0 aromatic carbocycles. The lowest BCUT2D eigenvalue weighted by Gasteiger charge is -2.32. The first kappa shape index (κ1) is 17.4. The maximum Gasteiger partial charge on any atom is 0.227 e. The van der Waals surface area contributed by atoms with Crippen LogP contribution in [0.4, 0.5) is 0 Å². The van der Waals surface area contributed by atoms with Crippen molar-refractivity contribution in [2.24, 2.45) is 17.1 Å². The molecule has 0 heterocycles. The van der Waals surface area contributed by atoms with Crippen molar-refractivity contribution in [3.8, 4) is 0 Å². The van der Waals surface area contributed by atoms with Crippen LogP contribution >= 0.6 is 0 Å². The van der Waals surface area contributed by atoms with Gasteiger partial charge in [-0.1, -0.05) is 40.5 Å². The van der Waals surface area contributed by atoms with Crippen LogP contribution in [0, 0.1) is 11.3 Å². The maximum atomic E-state index is 12.5. The van der Waals surface area contributed by atoms with E-state index < -0.39 is 0 Å². The molecule has 108 valence electrons. The zero-order chi connectivity index (χ0) is 14.2. The lowest BCUT2D eigenvalue weighted by molar-refractivity contribution is -0.132. The Labute approximate surface area is 113 Å². The highest BCUT2D eigenvalue weighted by molar-refractivity contribution is 5.83. The second kappa shape index (κ2) is 8.52. The van der Waals surface area contributed by atoms with Crippen molar-refractivity contribution in [1.29, 1.82) is 0 Å². The number of carbonyl (C=O) groups excluding carboxylic acids is 1. The van der Waals surface area contributed by atoms with Crippen molar-refractivity contribution in [3.05, 3.63) is 0 Å². The number of hydrogen-bond acceptors (Lipinski definition) is 2. The molecule has 0 saturated heterocycles. The zero-order valence-electron chi connectivity index (χ0n) is 12.9. The fourth-order valence-corrected chi connectivity index (χ4v) is 2.75. The summed E-state index contributed by atoms with van der Waals surface area (Å²) in [6.45, 7) is 11.1. The SMILES string of the molecule is CCCC(CN)(CCC)C(=O)NC(C)CC(C)C. The minimum absolute atomic E-state index is 0.154. The standard InChI is InChI=1S/C15H32N2O/c1-6-8-15(11-16,9-7-2)14(18)17-13(5)10-12(3)4/h12-13H,6-11,16H2,1-5H3,(H,17,18). The van der Waals surface area contributed by atoms with Gasteiger partial charge >= 0.3 is 0 Å². The molecule has 3 nitrogen and oxygen atoms in total. The van der Waals surface area contributed by atoms with Crippen LogP contribution in [0.5, 0.6) is 0 Å². The molecule has 0 aliphatic carbocycles. The summed E-state index contributed by atoms with van der Waals surface area (Å²) in [4.78, 5) is 12.5. The molecule has 3 heteroatoms. The minimum atomic E-state index is -0.352. The number of nitrogens with one attached hydrogen (secondary N) is 1. The summed E-state index contributed by atoms with van der Waals surface area (Å²) in [6.07, 6.45) is 4.80. The smallest absolute Gasteiger partial charge is 0.227 e. The highest BCUT2D eigenvalue weighted by Crippen LogP contribution is 2.29. The van der Waals surface area contributed by atoms with Crippen LogP contribution in [0.15, 0.2) is 0 Å². The van der Waals surface area contributed by atoms with E-state index in [-0.39, 0.29) is 17.4 Å². The largest absolute Gasteiger partial charge is 0.353 e. The second-order valence-electron chi connectivity index (χ2n) is 5.99. The Hall–Kier alpha value is -0.570. The Bertz CT molecular complexity index is 233. The van der Waals surface area contributed by atoms with Gasteiger partial charge in [-0.3, -0.25) is 4.79 Å². The van der Waals surface area contributed by atoms with E-state index in [1.54, 1.807) is 0 Å². The summed E-state index contributed by atoms with van der Waals surface area (Å²) >= 11 is 0. The molecule has 0 spiro atoms. The van der Waals surface area contributed by atoms with Gasteiger partial charge in [0.15, 0.2) is 0 Å². The molecule has 1 amide bonds. The van der Waals surface area contributed by atoms with E-state index in [1.165, 1.54) is 0 Å². The molecule has 18 heavy (non-hydrogen) atoms. The third kappa shape index (κ3) is 5.38. The predicted molar refractivity (Wildman–Crippen MR) is 78.4 cm³/mol. The molecule has 1 atom stereocenters. The van der Waals surface area contributed by atoms with Crippen LogP contribution in [0.1, 0.15) is 66.7 Å². The van der Waals surface area contributed by atoms with Crippen LogP contribution in [-0.4, -0.2) is 18.5 Å². The fraction of sp³-hybridized carbons (Fsp3) is 0.933. The first-order valence-corrected chi connectivity index (χ1v) is 7.42. The predicted octanol–water partition coefficient (Wildman–Crippen LogP) is 3.08. The average molecular weight is 256 g/mol. The third-order valence-electron chi connectivity index (χ3n) is 3.53. The van der Waals surface area contributed by atoms with E-state index in [2.05, 4.69) is 39.9 Å². The van der Waals surface area contributed by atoms with Gasteiger partial charge < -0.3 is 11.1 Å². The first-order chi connectivity index (χ1) is 8.41. The Kier molecular flexibility index (Phi) is 8.25. The van der Waals surface area contributed by atoms with Crippen molar-refractivity contribution < 1.29 is 4.79 Å². The van der Waals surface area contributed by atoms with Crippen molar-refractivity contribution in [2.75, 3.05) is 6.54 Å². The van der Waals surface area contributed by atoms with E-state index in [9.17, 15) is 4.79 Å². The highest BCUT2D eigenvalue weighted by atomic mass is 16.2. The Morgan fingerprint density at radius 3 is 2.00 bits per heavy atom. The molecule has 0 fully saturated rings. The van der Waals surface area contributed by atoms with Crippen LogP contribution in [0.2, 0.25) is 0 Å². The molecular weight excluding hydrogens is 224 g/mol. The van der Waals surface area contributed by atoms with E-state index in [0.717, 1.165) is 32.1 Å². The van der Waals surface area contributed by atoms with Crippen LogP contribution in [0.25, 0.3) is 0 Å². The van der Waals surface area contributed by atoms with Crippen molar-refractivity contribution in [3.63, 3.8) is 0 Å². The Morgan fingerprint density at radius 1 is 1.17 bits per heavy atom. The van der Waals surface area contributed by atoms with Crippen LogP contribution < -0.4 is 11.1 Å². The highest BCUT2D eigenvalue weighted by Gasteiger charge is 2.35. The summed E-state index contributed by atoms with van der Waals surface area (Å²) in [5.74, 6) is 0.756. The topological polar surface area (TPSA) is 55.1 Å². The quantitative estimate of drug-likeness (QED) is 0.666. The van der Waals surface area contributed by atoms with Crippen LogP contribution in [-0.2, 0) is 4.79 Å².